The third-order valence-electron chi connectivity index (χ3n) is 3.01. The van der Waals surface area contributed by atoms with Crippen LogP contribution in [-0.4, -0.2) is 19.8 Å². The third-order valence-corrected chi connectivity index (χ3v) is 3.30. The van der Waals surface area contributed by atoms with Gasteiger partial charge in [-0.05, 0) is 24.9 Å². The smallest absolute Gasteiger partial charge is 0.180 e. The monoisotopic (exact) mass is 255 g/mol. The predicted octanol–water partition coefficient (Wildman–Crippen LogP) is 2.95. The molecule has 1 aliphatic heterocycles. The molecule has 2 N–H and O–H groups in total. The number of halogens is 1. The van der Waals surface area contributed by atoms with Crippen molar-refractivity contribution in [1.82, 2.24) is 0 Å². The number of nitrogens with two attached hydrogens (primary N) is 1. The molecule has 1 aromatic rings. The Hall–Kier alpha value is -0.930. The average molecular weight is 256 g/mol. The van der Waals surface area contributed by atoms with E-state index in [0.29, 0.717) is 36.4 Å². The normalized spacial score (nSPS) is 16.4. The highest BCUT2D eigenvalue weighted by Gasteiger charge is 2.20. The van der Waals surface area contributed by atoms with Crippen molar-refractivity contribution < 1.29 is 9.47 Å². The van der Waals surface area contributed by atoms with Gasteiger partial charge in [-0.25, -0.2) is 0 Å². The highest BCUT2D eigenvalue weighted by atomic mass is 35.5. The predicted molar refractivity (Wildman–Crippen MR) is 69.1 cm³/mol. The summed E-state index contributed by atoms with van der Waals surface area (Å²) in [5, 5.41) is 0.616. The van der Waals surface area contributed by atoms with Gasteiger partial charge >= 0.3 is 0 Å². The maximum absolute atomic E-state index is 6.14. The summed E-state index contributed by atoms with van der Waals surface area (Å²) in [6.45, 7) is 4.14. The van der Waals surface area contributed by atoms with E-state index in [-0.39, 0.29) is 0 Å². The van der Waals surface area contributed by atoms with Crippen LogP contribution in [0.25, 0.3) is 0 Å². The fourth-order valence-corrected chi connectivity index (χ4v) is 2.24. The minimum Gasteiger partial charge on any atom is -0.489 e. The van der Waals surface area contributed by atoms with E-state index in [1.807, 2.05) is 12.1 Å². The molecule has 0 spiro atoms. The molecule has 0 bridgehead atoms. The van der Waals surface area contributed by atoms with E-state index in [4.69, 9.17) is 26.8 Å². The number of hydrogen-bond donors (Lipinski definition) is 1. The topological polar surface area (TPSA) is 44.5 Å². The summed E-state index contributed by atoms with van der Waals surface area (Å²) in [5.41, 5.74) is 6.74. The molecule has 0 aromatic heterocycles. The Morgan fingerprint density at radius 2 is 2.00 bits per heavy atom. The molecule has 1 atom stereocenters. The molecule has 1 aromatic carbocycles. The third kappa shape index (κ3) is 2.67. The molecule has 94 valence electrons. The van der Waals surface area contributed by atoms with Gasteiger partial charge in [-0.3, -0.25) is 0 Å². The van der Waals surface area contributed by atoms with Gasteiger partial charge in [-0.1, -0.05) is 24.6 Å². The van der Waals surface area contributed by atoms with E-state index >= 15 is 0 Å². The Morgan fingerprint density at radius 3 is 2.71 bits per heavy atom. The second-order valence-electron chi connectivity index (χ2n) is 4.32. The first-order chi connectivity index (χ1) is 8.24. The molecule has 0 saturated carbocycles. The fraction of sp³-hybridized carbons (Fsp3) is 0.538. The van der Waals surface area contributed by atoms with E-state index < -0.39 is 0 Å². The maximum Gasteiger partial charge on any atom is 0.180 e. The highest BCUT2D eigenvalue weighted by Crippen LogP contribution is 2.42. The standard InChI is InChI=1S/C13H18ClNO2/c1-9(5-6-15)10-3-4-11(14)13-12(10)16-7-2-8-17-13/h3-4,9H,2,5-8,15H2,1H3. The lowest BCUT2D eigenvalue weighted by Crippen LogP contribution is -2.07. The molecule has 1 aliphatic rings. The van der Waals surface area contributed by atoms with Gasteiger partial charge in [-0.15, -0.1) is 0 Å². The van der Waals surface area contributed by atoms with Crippen LogP contribution in [0, 0.1) is 0 Å². The van der Waals surface area contributed by atoms with Crippen molar-refractivity contribution in [1.29, 1.82) is 0 Å². The lowest BCUT2D eigenvalue weighted by atomic mass is 9.96. The minimum absolute atomic E-state index is 0.354. The number of fused-ring (bicyclic) bond motifs is 1. The highest BCUT2D eigenvalue weighted by molar-refractivity contribution is 6.32. The summed E-state index contributed by atoms with van der Waals surface area (Å²) in [6, 6.07) is 3.88. The maximum atomic E-state index is 6.14. The Kier molecular flexibility index (Phi) is 4.13. The van der Waals surface area contributed by atoms with Crippen LogP contribution in [0.5, 0.6) is 11.5 Å². The molecule has 1 unspecified atom stereocenters. The molecule has 0 aliphatic carbocycles. The number of rotatable bonds is 3. The SMILES string of the molecule is CC(CCN)c1ccc(Cl)c2c1OCCCO2. The molecule has 0 radical (unpaired) electrons. The molecular weight excluding hydrogens is 238 g/mol. The first kappa shape index (κ1) is 12.5. The summed E-state index contributed by atoms with van der Waals surface area (Å²) in [5.74, 6) is 1.84. The summed E-state index contributed by atoms with van der Waals surface area (Å²) < 4.78 is 11.4. The van der Waals surface area contributed by atoms with E-state index in [0.717, 1.165) is 24.2 Å². The van der Waals surface area contributed by atoms with Crippen LogP contribution < -0.4 is 15.2 Å². The Balaban J connectivity index is 2.39. The van der Waals surface area contributed by atoms with Gasteiger partial charge in [0.05, 0.1) is 18.2 Å². The number of ether oxygens (including phenoxy) is 2. The van der Waals surface area contributed by atoms with E-state index in [9.17, 15) is 0 Å². The van der Waals surface area contributed by atoms with Crippen molar-refractivity contribution in [3.05, 3.63) is 22.7 Å². The van der Waals surface area contributed by atoms with Crippen LogP contribution in [0.3, 0.4) is 0 Å². The molecule has 3 nitrogen and oxygen atoms in total. The van der Waals surface area contributed by atoms with Crippen LogP contribution in [-0.2, 0) is 0 Å². The average Bonchev–Trinajstić information content (AvgIpc) is 2.56. The van der Waals surface area contributed by atoms with Crippen molar-refractivity contribution in [2.75, 3.05) is 19.8 Å². The Morgan fingerprint density at radius 1 is 1.29 bits per heavy atom. The molecular formula is C13H18ClNO2. The number of benzene rings is 1. The van der Waals surface area contributed by atoms with Gasteiger partial charge < -0.3 is 15.2 Å². The quantitative estimate of drug-likeness (QED) is 0.903. The summed E-state index contributed by atoms with van der Waals surface area (Å²) in [4.78, 5) is 0. The van der Waals surface area contributed by atoms with Gasteiger partial charge in [0.1, 0.15) is 0 Å². The zero-order valence-corrected chi connectivity index (χ0v) is 10.8. The first-order valence-corrected chi connectivity index (χ1v) is 6.40. The molecule has 17 heavy (non-hydrogen) atoms. The minimum atomic E-state index is 0.354. The second-order valence-corrected chi connectivity index (χ2v) is 4.73. The zero-order valence-electron chi connectivity index (χ0n) is 10.0. The van der Waals surface area contributed by atoms with E-state index in [1.165, 1.54) is 0 Å². The summed E-state index contributed by atoms with van der Waals surface area (Å²) in [6.07, 6.45) is 1.81. The molecule has 4 heteroatoms. The van der Waals surface area contributed by atoms with Gasteiger partial charge in [-0.2, -0.15) is 0 Å². The Bertz CT molecular complexity index is 395. The first-order valence-electron chi connectivity index (χ1n) is 6.02. The van der Waals surface area contributed by atoms with Gasteiger partial charge in [0.2, 0.25) is 0 Å². The molecule has 0 amide bonds. The largest absolute Gasteiger partial charge is 0.489 e. The van der Waals surface area contributed by atoms with E-state index in [2.05, 4.69) is 6.92 Å². The zero-order chi connectivity index (χ0) is 12.3. The summed E-state index contributed by atoms with van der Waals surface area (Å²) >= 11 is 6.14. The van der Waals surface area contributed by atoms with E-state index in [1.54, 1.807) is 0 Å². The molecule has 2 rings (SSSR count). The fourth-order valence-electron chi connectivity index (χ4n) is 2.04. The number of hydrogen-bond acceptors (Lipinski definition) is 3. The van der Waals surface area contributed by atoms with Crippen molar-refractivity contribution in [3.63, 3.8) is 0 Å². The van der Waals surface area contributed by atoms with Crippen LogP contribution in [0.1, 0.15) is 31.2 Å². The van der Waals surface area contributed by atoms with Crippen molar-refractivity contribution in [2.24, 2.45) is 5.73 Å². The molecule has 0 fully saturated rings. The van der Waals surface area contributed by atoms with Crippen molar-refractivity contribution in [3.8, 4) is 11.5 Å². The summed E-state index contributed by atoms with van der Waals surface area (Å²) in [7, 11) is 0. The second kappa shape index (κ2) is 5.61. The van der Waals surface area contributed by atoms with Crippen molar-refractivity contribution >= 4 is 11.6 Å². The molecule has 1 heterocycles. The van der Waals surface area contributed by atoms with Crippen LogP contribution >= 0.6 is 11.6 Å². The van der Waals surface area contributed by atoms with Crippen LogP contribution in [0.2, 0.25) is 5.02 Å². The van der Waals surface area contributed by atoms with Gasteiger partial charge in [0, 0.05) is 12.0 Å². The van der Waals surface area contributed by atoms with Gasteiger partial charge in [0.25, 0.3) is 0 Å². The van der Waals surface area contributed by atoms with Gasteiger partial charge in [0.15, 0.2) is 11.5 Å². The lowest BCUT2D eigenvalue weighted by molar-refractivity contribution is 0.295. The van der Waals surface area contributed by atoms with Crippen molar-refractivity contribution in [2.45, 2.75) is 25.7 Å². The van der Waals surface area contributed by atoms with Crippen LogP contribution in [0.15, 0.2) is 12.1 Å². The Labute approximate surface area is 107 Å². The van der Waals surface area contributed by atoms with Crippen LogP contribution in [0.4, 0.5) is 0 Å². The molecule has 0 saturated heterocycles. The lowest BCUT2D eigenvalue weighted by Gasteiger charge is -2.18.